The molecule has 1 aliphatic rings. The third kappa shape index (κ3) is 3.69. The molecule has 1 saturated heterocycles. The van der Waals surface area contributed by atoms with Crippen LogP contribution in [0.4, 0.5) is 4.79 Å². The lowest BCUT2D eigenvalue weighted by Crippen LogP contribution is -2.40. The fourth-order valence-electron chi connectivity index (χ4n) is 2.43. The van der Waals surface area contributed by atoms with Gasteiger partial charge in [-0.3, -0.25) is 9.48 Å². The van der Waals surface area contributed by atoms with E-state index < -0.39 is 28.1 Å². The number of aryl methyl sites for hydroxylation is 1. The highest BCUT2D eigenvalue weighted by Gasteiger charge is 2.34. The lowest BCUT2D eigenvalue weighted by Gasteiger charge is -2.22. The van der Waals surface area contributed by atoms with Crippen LogP contribution < -0.4 is 4.72 Å². The van der Waals surface area contributed by atoms with Crippen molar-refractivity contribution in [3.8, 4) is 0 Å². The second-order valence-corrected chi connectivity index (χ2v) is 7.21. The Morgan fingerprint density at radius 2 is 2.00 bits per heavy atom. The molecule has 2 aromatic rings. The number of cyclic esters (lactones) is 1. The fourth-order valence-corrected chi connectivity index (χ4v) is 3.63. The van der Waals surface area contributed by atoms with Gasteiger partial charge in [0.1, 0.15) is 4.90 Å². The fraction of sp³-hybridized carbons (Fsp3) is 0.267. The molecule has 1 aliphatic heterocycles. The van der Waals surface area contributed by atoms with E-state index in [0.29, 0.717) is 5.56 Å². The predicted octanol–water partition coefficient (Wildman–Crippen LogP) is 0.418. The Balaban J connectivity index is 1.89. The van der Waals surface area contributed by atoms with Gasteiger partial charge in [0.15, 0.2) is 6.61 Å². The van der Waals surface area contributed by atoms with Crippen LogP contribution in [0.2, 0.25) is 0 Å². The third-order valence-electron chi connectivity index (χ3n) is 3.70. The molecule has 25 heavy (non-hydrogen) atoms. The van der Waals surface area contributed by atoms with Crippen molar-refractivity contribution in [2.24, 2.45) is 7.05 Å². The van der Waals surface area contributed by atoms with Gasteiger partial charge in [-0.15, -0.1) is 0 Å². The summed E-state index contributed by atoms with van der Waals surface area (Å²) in [5.74, 6) is -0.508. The molecule has 1 N–H and O–H groups in total. The first-order valence-electron chi connectivity index (χ1n) is 7.40. The van der Waals surface area contributed by atoms with Gasteiger partial charge in [0.25, 0.3) is 5.91 Å². The first-order valence-corrected chi connectivity index (χ1v) is 8.88. The highest BCUT2D eigenvalue weighted by atomic mass is 32.2. The van der Waals surface area contributed by atoms with Crippen LogP contribution in [0.5, 0.6) is 0 Å². The number of nitrogens with zero attached hydrogens (tertiary/aromatic N) is 3. The Kier molecular flexibility index (Phi) is 4.55. The van der Waals surface area contributed by atoms with Crippen LogP contribution in [0.25, 0.3) is 0 Å². The number of imide groups is 1. The number of carbonyl (C=O) groups excluding carboxylic acids is 2. The lowest BCUT2D eigenvalue weighted by molar-refractivity contribution is -0.126. The topological polar surface area (TPSA) is 111 Å². The summed E-state index contributed by atoms with van der Waals surface area (Å²) in [6.45, 7) is -0.503. The van der Waals surface area contributed by atoms with Crippen LogP contribution in [0.15, 0.2) is 47.6 Å². The molecular weight excluding hydrogens is 348 g/mol. The van der Waals surface area contributed by atoms with Crippen molar-refractivity contribution in [3.63, 3.8) is 0 Å². The molecule has 0 bridgehead atoms. The van der Waals surface area contributed by atoms with Crippen molar-refractivity contribution in [2.75, 3.05) is 13.2 Å². The summed E-state index contributed by atoms with van der Waals surface area (Å²) in [7, 11) is -2.28. The monoisotopic (exact) mass is 364 g/mol. The minimum atomic E-state index is -3.89. The maximum atomic E-state index is 12.6. The Bertz CT molecular complexity index is 878. The lowest BCUT2D eigenvalue weighted by atomic mass is 10.1. The predicted molar refractivity (Wildman–Crippen MR) is 85.8 cm³/mol. The number of hydrogen-bond donors (Lipinski definition) is 1. The summed E-state index contributed by atoms with van der Waals surface area (Å²) in [4.78, 5) is 24.3. The summed E-state index contributed by atoms with van der Waals surface area (Å²) < 4.78 is 33.7. The Labute approximate surface area is 144 Å². The molecule has 1 aromatic carbocycles. The smallest absolute Gasteiger partial charge is 0.417 e. The van der Waals surface area contributed by atoms with E-state index >= 15 is 0 Å². The average Bonchev–Trinajstić information content (AvgIpc) is 3.16. The van der Waals surface area contributed by atoms with Crippen molar-refractivity contribution in [1.29, 1.82) is 0 Å². The maximum absolute atomic E-state index is 12.6. The highest BCUT2D eigenvalue weighted by molar-refractivity contribution is 7.89. The zero-order valence-corrected chi connectivity index (χ0v) is 14.1. The number of sulfonamides is 1. The molecule has 0 aliphatic carbocycles. The molecule has 1 fully saturated rings. The number of ether oxygens (including phenoxy) is 1. The van der Waals surface area contributed by atoms with Crippen molar-refractivity contribution < 1.29 is 22.7 Å². The van der Waals surface area contributed by atoms with Gasteiger partial charge in [-0.2, -0.15) is 5.10 Å². The van der Waals surface area contributed by atoms with Crippen LogP contribution in [-0.2, 0) is 26.6 Å². The zero-order chi connectivity index (χ0) is 18.0. The SMILES string of the molecule is Cn1cc(S(=O)(=O)N[C@@H](CN2C(=O)COC2=O)c2ccccc2)cn1. The first-order chi connectivity index (χ1) is 11.9. The molecule has 3 rings (SSSR count). The number of benzene rings is 1. The average molecular weight is 364 g/mol. The molecule has 2 heterocycles. The van der Waals surface area contributed by atoms with Crippen molar-refractivity contribution in [2.45, 2.75) is 10.9 Å². The molecule has 132 valence electrons. The molecule has 2 amide bonds. The quantitative estimate of drug-likeness (QED) is 0.795. The van der Waals surface area contributed by atoms with Gasteiger partial charge in [-0.05, 0) is 5.56 Å². The molecule has 1 atom stereocenters. The molecule has 1 aromatic heterocycles. The molecule has 0 radical (unpaired) electrons. The number of aromatic nitrogens is 2. The minimum absolute atomic E-state index is 0.00810. The van der Waals surface area contributed by atoms with Crippen molar-refractivity contribution in [3.05, 3.63) is 48.3 Å². The second-order valence-electron chi connectivity index (χ2n) is 5.49. The van der Waals surface area contributed by atoms with E-state index in [1.807, 2.05) is 0 Å². The standard InChI is InChI=1S/C15H16N4O5S/c1-18-8-12(7-16-18)25(22,23)17-13(11-5-3-2-4-6-11)9-19-14(20)10-24-15(19)21/h2-8,13,17H,9-10H2,1H3/t13-/m0/s1. The van der Waals surface area contributed by atoms with E-state index in [1.165, 1.54) is 17.1 Å². The van der Waals surface area contributed by atoms with Crippen LogP contribution >= 0.6 is 0 Å². The van der Waals surface area contributed by atoms with Gasteiger partial charge in [-0.25, -0.2) is 22.8 Å². The van der Waals surface area contributed by atoms with E-state index in [9.17, 15) is 18.0 Å². The van der Waals surface area contributed by atoms with Gasteiger partial charge in [0.2, 0.25) is 10.0 Å². The molecule has 9 nitrogen and oxygen atoms in total. The van der Waals surface area contributed by atoms with Gasteiger partial charge >= 0.3 is 6.09 Å². The number of amides is 2. The molecule has 0 unspecified atom stereocenters. The molecule has 0 saturated carbocycles. The van der Waals surface area contributed by atoms with Gasteiger partial charge < -0.3 is 4.74 Å². The van der Waals surface area contributed by atoms with E-state index in [0.717, 1.165) is 4.90 Å². The van der Waals surface area contributed by atoms with E-state index in [1.54, 1.807) is 37.4 Å². The zero-order valence-electron chi connectivity index (χ0n) is 13.3. The minimum Gasteiger partial charge on any atom is -0.439 e. The van der Waals surface area contributed by atoms with Gasteiger partial charge in [-0.1, -0.05) is 30.3 Å². The summed E-state index contributed by atoms with van der Waals surface area (Å²) >= 11 is 0. The highest BCUT2D eigenvalue weighted by Crippen LogP contribution is 2.20. The summed E-state index contributed by atoms with van der Waals surface area (Å²) in [5.41, 5.74) is 0.613. The second kappa shape index (κ2) is 6.65. The van der Waals surface area contributed by atoms with Gasteiger partial charge in [0.05, 0.1) is 18.8 Å². The Morgan fingerprint density at radius 3 is 2.56 bits per heavy atom. The van der Waals surface area contributed by atoms with Crippen LogP contribution in [-0.4, -0.2) is 48.3 Å². The van der Waals surface area contributed by atoms with E-state index in [-0.39, 0.29) is 18.0 Å². The van der Waals surface area contributed by atoms with Crippen molar-refractivity contribution >= 4 is 22.0 Å². The summed E-state index contributed by atoms with van der Waals surface area (Å²) in [6.07, 6.45) is 1.80. The van der Waals surface area contributed by atoms with Gasteiger partial charge in [0, 0.05) is 13.2 Å². The maximum Gasteiger partial charge on any atom is 0.417 e. The molecular formula is C15H16N4O5S. The number of nitrogens with one attached hydrogen (secondary N) is 1. The Hall–Kier alpha value is -2.72. The number of hydrogen-bond acceptors (Lipinski definition) is 6. The van der Waals surface area contributed by atoms with E-state index in [2.05, 4.69) is 14.6 Å². The molecule has 10 heteroatoms. The summed E-state index contributed by atoms with van der Waals surface area (Å²) in [6, 6.07) is 7.87. The molecule has 0 spiro atoms. The normalized spacial score (nSPS) is 16.1. The van der Waals surface area contributed by atoms with E-state index in [4.69, 9.17) is 0 Å². The third-order valence-corrected chi connectivity index (χ3v) is 5.12. The Morgan fingerprint density at radius 1 is 1.28 bits per heavy atom. The number of rotatable bonds is 6. The first kappa shape index (κ1) is 17.1. The van der Waals surface area contributed by atoms with Crippen LogP contribution in [0, 0.1) is 0 Å². The summed E-state index contributed by atoms with van der Waals surface area (Å²) in [5, 5.41) is 3.85. The largest absolute Gasteiger partial charge is 0.439 e. The van der Waals surface area contributed by atoms with Crippen LogP contribution in [0.3, 0.4) is 0 Å². The van der Waals surface area contributed by atoms with Crippen molar-refractivity contribution in [1.82, 2.24) is 19.4 Å². The number of carbonyl (C=O) groups is 2. The van der Waals surface area contributed by atoms with Crippen LogP contribution in [0.1, 0.15) is 11.6 Å².